The van der Waals surface area contributed by atoms with Crippen LogP contribution in [0.3, 0.4) is 0 Å². The molecule has 33 heavy (non-hydrogen) atoms. The van der Waals surface area contributed by atoms with Crippen molar-refractivity contribution in [1.82, 2.24) is 24.8 Å². The molecule has 1 saturated heterocycles. The molecule has 176 valence electrons. The third-order valence-corrected chi connectivity index (χ3v) is 6.94. The Bertz CT molecular complexity index is 1070. The number of aryl methyl sites for hydroxylation is 2. The van der Waals surface area contributed by atoms with Gasteiger partial charge in [-0.1, -0.05) is 0 Å². The van der Waals surface area contributed by atoms with E-state index in [1.807, 2.05) is 42.9 Å². The number of methoxy groups -OCH3 is 2. The molecular formula is C24H31N5O3S. The number of amides is 1. The number of piperidine rings is 1. The van der Waals surface area contributed by atoms with E-state index in [9.17, 15) is 4.79 Å². The van der Waals surface area contributed by atoms with Crippen molar-refractivity contribution in [3.8, 4) is 11.5 Å². The molecule has 0 spiro atoms. The average molecular weight is 470 g/mol. The minimum atomic E-state index is -0.405. The number of nitrogens with zero attached hydrogens (tertiary/aromatic N) is 4. The summed E-state index contributed by atoms with van der Waals surface area (Å²) >= 11 is 1.68. The summed E-state index contributed by atoms with van der Waals surface area (Å²) in [4.78, 5) is 24.8. The van der Waals surface area contributed by atoms with E-state index in [0.29, 0.717) is 11.5 Å². The van der Waals surface area contributed by atoms with E-state index in [-0.39, 0.29) is 11.8 Å². The lowest BCUT2D eigenvalue weighted by molar-refractivity contribution is -0.127. The van der Waals surface area contributed by atoms with Gasteiger partial charge in [-0.2, -0.15) is 0 Å². The number of nitrogens with one attached hydrogen (secondary N) is 1. The van der Waals surface area contributed by atoms with Gasteiger partial charge in [0.25, 0.3) is 0 Å². The smallest absolute Gasteiger partial charge is 0.224 e. The first kappa shape index (κ1) is 23.3. The Labute approximate surface area is 198 Å². The van der Waals surface area contributed by atoms with Crippen LogP contribution in [0.4, 0.5) is 0 Å². The van der Waals surface area contributed by atoms with Crippen LogP contribution in [0.2, 0.25) is 0 Å². The third-order valence-electron chi connectivity index (χ3n) is 6.12. The molecule has 0 bridgehead atoms. The number of thiazole rings is 1. The topological polar surface area (TPSA) is 81.5 Å². The standard InChI is InChI=1S/C24H31N5O3S/c1-16-26-19(15-33-16)14-29-8-5-17(6-9-29)24(30)27-22(23-25-7-10-28(23)2)18-11-20(31-3)13-21(12-18)32-4/h7,10-13,15,17,22H,5-6,8-9,14H2,1-4H3,(H,27,30). The largest absolute Gasteiger partial charge is 0.497 e. The van der Waals surface area contributed by atoms with Crippen molar-refractivity contribution >= 4 is 17.2 Å². The molecule has 2 aromatic heterocycles. The predicted molar refractivity (Wildman–Crippen MR) is 128 cm³/mol. The van der Waals surface area contributed by atoms with E-state index in [2.05, 4.69) is 25.6 Å². The molecule has 1 atom stereocenters. The minimum absolute atomic E-state index is 0.0336. The van der Waals surface area contributed by atoms with E-state index < -0.39 is 6.04 Å². The van der Waals surface area contributed by atoms with Gasteiger partial charge in [-0.3, -0.25) is 9.69 Å². The SMILES string of the molecule is COc1cc(OC)cc(C(NC(=O)C2CCN(Cc3csc(C)n3)CC2)c2nccn2C)c1. The predicted octanol–water partition coefficient (Wildman–Crippen LogP) is 3.32. The highest BCUT2D eigenvalue weighted by Crippen LogP contribution is 2.30. The lowest BCUT2D eigenvalue weighted by Gasteiger charge is -2.31. The van der Waals surface area contributed by atoms with Crippen LogP contribution in [0.25, 0.3) is 0 Å². The van der Waals surface area contributed by atoms with Crippen molar-refractivity contribution in [3.63, 3.8) is 0 Å². The third kappa shape index (κ3) is 5.54. The molecular weight excluding hydrogens is 438 g/mol. The monoisotopic (exact) mass is 469 g/mol. The highest BCUT2D eigenvalue weighted by molar-refractivity contribution is 7.09. The van der Waals surface area contributed by atoms with Crippen molar-refractivity contribution in [1.29, 1.82) is 0 Å². The van der Waals surface area contributed by atoms with Gasteiger partial charge in [0.05, 0.1) is 24.9 Å². The van der Waals surface area contributed by atoms with Crippen LogP contribution < -0.4 is 14.8 Å². The van der Waals surface area contributed by atoms with Gasteiger partial charge < -0.3 is 19.4 Å². The maximum Gasteiger partial charge on any atom is 0.224 e. The van der Waals surface area contributed by atoms with Crippen LogP contribution in [-0.4, -0.2) is 52.7 Å². The van der Waals surface area contributed by atoms with E-state index in [1.54, 1.807) is 31.8 Å². The van der Waals surface area contributed by atoms with Gasteiger partial charge >= 0.3 is 0 Å². The molecule has 1 N–H and O–H groups in total. The molecule has 1 fully saturated rings. The summed E-state index contributed by atoms with van der Waals surface area (Å²) in [5.74, 6) is 2.12. The van der Waals surface area contributed by atoms with E-state index >= 15 is 0 Å². The van der Waals surface area contributed by atoms with Crippen LogP contribution in [0.5, 0.6) is 11.5 Å². The van der Waals surface area contributed by atoms with Crippen LogP contribution in [-0.2, 0) is 18.4 Å². The molecule has 0 radical (unpaired) electrons. The summed E-state index contributed by atoms with van der Waals surface area (Å²) in [6, 6.07) is 5.25. The second-order valence-corrected chi connectivity index (χ2v) is 9.45. The molecule has 1 aliphatic heterocycles. The number of carbonyl (C=O) groups is 1. The fourth-order valence-electron chi connectivity index (χ4n) is 4.27. The fourth-order valence-corrected chi connectivity index (χ4v) is 4.88. The van der Waals surface area contributed by atoms with Gasteiger partial charge in [0, 0.05) is 43.4 Å². The molecule has 1 aliphatic rings. The molecule has 8 nitrogen and oxygen atoms in total. The van der Waals surface area contributed by atoms with E-state index in [4.69, 9.17) is 9.47 Å². The number of benzene rings is 1. The van der Waals surface area contributed by atoms with E-state index in [0.717, 1.165) is 54.6 Å². The summed E-state index contributed by atoms with van der Waals surface area (Å²) in [5.41, 5.74) is 1.98. The summed E-state index contributed by atoms with van der Waals surface area (Å²) in [7, 11) is 5.17. The average Bonchev–Trinajstić information content (AvgIpc) is 3.44. The zero-order chi connectivity index (χ0) is 23.4. The van der Waals surface area contributed by atoms with Gasteiger partial charge in [-0.15, -0.1) is 11.3 Å². The first-order valence-corrected chi connectivity index (χ1v) is 12.0. The lowest BCUT2D eigenvalue weighted by Crippen LogP contribution is -2.42. The summed E-state index contributed by atoms with van der Waals surface area (Å²) in [6.45, 7) is 4.64. The normalized spacial score (nSPS) is 15.9. The minimum Gasteiger partial charge on any atom is -0.497 e. The maximum absolute atomic E-state index is 13.3. The molecule has 4 rings (SSSR count). The molecule has 3 heterocycles. The zero-order valence-electron chi connectivity index (χ0n) is 19.6. The zero-order valence-corrected chi connectivity index (χ0v) is 20.4. The number of aromatic nitrogens is 3. The van der Waals surface area contributed by atoms with Crippen LogP contribution in [0, 0.1) is 12.8 Å². The van der Waals surface area contributed by atoms with E-state index in [1.165, 1.54) is 0 Å². The van der Waals surface area contributed by atoms with Gasteiger partial charge in [0.1, 0.15) is 23.4 Å². The summed E-state index contributed by atoms with van der Waals surface area (Å²) in [6.07, 6.45) is 5.27. The molecule has 0 saturated carbocycles. The Hall–Kier alpha value is -2.91. The lowest BCUT2D eigenvalue weighted by atomic mass is 9.94. The van der Waals surface area contributed by atoms with Crippen molar-refractivity contribution in [3.05, 3.63) is 58.1 Å². The summed E-state index contributed by atoms with van der Waals surface area (Å²) < 4.78 is 12.8. The number of hydrogen-bond donors (Lipinski definition) is 1. The molecule has 1 aromatic carbocycles. The maximum atomic E-state index is 13.3. The number of likely N-dealkylation sites (tertiary alicyclic amines) is 1. The molecule has 3 aromatic rings. The number of imidazole rings is 1. The Balaban J connectivity index is 1.47. The van der Waals surface area contributed by atoms with Crippen molar-refractivity contribution in [2.24, 2.45) is 13.0 Å². The van der Waals surface area contributed by atoms with Crippen molar-refractivity contribution in [2.45, 2.75) is 32.4 Å². The Morgan fingerprint density at radius 3 is 2.45 bits per heavy atom. The molecule has 0 aliphatic carbocycles. The Kier molecular flexibility index (Phi) is 7.29. The Morgan fingerprint density at radius 2 is 1.91 bits per heavy atom. The molecule has 1 amide bonds. The number of carbonyl (C=O) groups excluding carboxylic acids is 1. The Morgan fingerprint density at radius 1 is 1.21 bits per heavy atom. The van der Waals surface area contributed by atoms with Gasteiger partial charge in [-0.05, 0) is 50.6 Å². The fraction of sp³-hybridized carbons (Fsp3) is 0.458. The van der Waals surface area contributed by atoms with Gasteiger partial charge in [-0.25, -0.2) is 9.97 Å². The number of ether oxygens (including phenoxy) is 2. The van der Waals surface area contributed by atoms with Crippen molar-refractivity contribution in [2.75, 3.05) is 27.3 Å². The quantitative estimate of drug-likeness (QED) is 0.545. The second-order valence-electron chi connectivity index (χ2n) is 8.39. The highest BCUT2D eigenvalue weighted by atomic mass is 32.1. The number of hydrogen-bond acceptors (Lipinski definition) is 7. The number of rotatable bonds is 8. The molecule has 9 heteroatoms. The molecule has 1 unspecified atom stereocenters. The second kappa shape index (κ2) is 10.4. The van der Waals surface area contributed by atoms with Crippen molar-refractivity contribution < 1.29 is 14.3 Å². The highest BCUT2D eigenvalue weighted by Gasteiger charge is 2.29. The van der Waals surface area contributed by atoms with Gasteiger partial charge in [0.15, 0.2) is 0 Å². The summed E-state index contributed by atoms with van der Waals surface area (Å²) in [5, 5.41) is 6.46. The van der Waals surface area contributed by atoms with Crippen LogP contribution in [0.15, 0.2) is 36.0 Å². The van der Waals surface area contributed by atoms with Crippen LogP contribution >= 0.6 is 11.3 Å². The first-order valence-electron chi connectivity index (χ1n) is 11.1. The van der Waals surface area contributed by atoms with Crippen LogP contribution in [0.1, 0.15) is 41.0 Å². The first-order chi connectivity index (χ1) is 16.0. The van der Waals surface area contributed by atoms with Gasteiger partial charge in [0.2, 0.25) is 5.91 Å².